The fraction of sp³-hybridized carbons (Fsp3) is 0.188. The molecule has 2 rings (SSSR count). The van der Waals surface area contributed by atoms with Crippen LogP contribution >= 0.6 is 0 Å². The molecule has 2 aromatic carbocycles. The minimum atomic E-state index is -0.336. The van der Waals surface area contributed by atoms with Crippen LogP contribution in [0.15, 0.2) is 48.5 Å². The minimum absolute atomic E-state index is 0.0759. The third-order valence-corrected chi connectivity index (χ3v) is 3.07. The van der Waals surface area contributed by atoms with Gasteiger partial charge in [0.1, 0.15) is 12.4 Å². The summed E-state index contributed by atoms with van der Waals surface area (Å²) in [5.74, 6) is 5.52. The van der Waals surface area contributed by atoms with Crippen molar-refractivity contribution in [2.75, 3.05) is 6.61 Å². The monoisotopic (exact) mass is 286 g/mol. The van der Waals surface area contributed by atoms with Crippen molar-refractivity contribution in [1.82, 2.24) is 5.43 Å². The number of carbonyl (C=O) groups excluding carboxylic acids is 1. The standard InChI is InChI=1S/C16H18N2O3/c17-18-16(20)14-6-3-4-12(10-14)11-21-15-7-2-1-5-13(15)8-9-19/h1-7,10,19H,8-9,11,17H2,(H,18,20). The van der Waals surface area contributed by atoms with Gasteiger partial charge in [-0.2, -0.15) is 0 Å². The van der Waals surface area contributed by atoms with E-state index in [0.29, 0.717) is 18.6 Å². The summed E-state index contributed by atoms with van der Waals surface area (Å²) >= 11 is 0. The van der Waals surface area contributed by atoms with Crippen molar-refractivity contribution in [2.24, 2.45) is 5.84 Å². The second-order valence-electron chi connectivity index (χ2n) is 4.54. The summed E-state index contributed by atoms with van der Waals surface area (Å²) in [6, 6.07) is 14.6. The van der Waals surface area contributed by atoms with Crippen LogP contribution in [0.1, 0.15) is 21.5 Å². The van der Waals surface area contributed by atoms with E-state index in [1.165, 1.54) is 0 Å². The predicted molar refractivity (Wildman–Crippen MR) is 79.7 cm³/mol. The predicted octanol–water partition coefficient (Wildman–Crippen LogP) is 1.40. The van der Waals surface area contributed by atoms with Gasteiger partial charge in [0.2, 0.25) is 0 Å². The number of hydrazine groups is 1. The van der Waals surface area contributed by atoms with Crippen molar-refractivity contribution in [1.29, 1.82) is 0 Å². The Kier molecular flexibility index (Phi) is 5.31. The lowest BCUT2D eigenvalue weighted by Crippen LogP contribution is -2.30. The number of amides is 1. The van der Waals surface area contributed by atoms with Gasteiger partial charge in [-0.3, -0.25) is 10.2 Å². The molecule has 0 spiro atoms. The van der Waals surface area contributed by atoms with Gasteiger partial charge in [-0.15, -0.1) is 0 Å². The SMILES string of the molecule is NNC(=O)c1cccc(COc2ccccc2CCO)c1. The molecular formula is C16H18N2O3. The molecule has 0 aliphatic carbocycles. The van der Waals surface area contributed by atoms with Crippen LogP contribution in [-0.4, -0.2) is 17.6 Å². The number of benzene rings is 2. The first kappa shape index (κ1) is 15.0. The number of nitrogen functional groups attached to an aromatic ring is 1. The van der Waals surface area contributed by atoms with Crippen molar-refractivity contribution in [2.45, 2.75) is 13.0 Å². The topological polar surface area (TPSA) is 84.6 Å². The summed E-state index contributed by atoms with van der Waals surface area (Å²) in [5, 5.41) is 9.04. The third-order valence-electron chi connectivity index (χ3n) is 3.07. The molecule has 0 atom stereocenters. The highest BCUT2D eigenvalue weighted by atomic mass is 16.5. The molecule has 110 valence electrons. The van der Waals surface area contributed by atoms with Gasteiger partial charge in [-0.25, -0.2) is 5.84 Å². The van der Waals surface area contributed by atoms with Crippen molar-refractivity contribution < 1.29 is 14.6 Å². The number of hydrogen-bond donors (Lipinski definition) is 3. The summed E-state index contributed by atoms with van der Waals surface area (Å²) in [6.07, 6.45) is 0.547. The molecule has 5 nitrogen and oxygen atoms in total. The summed E-state index contributed by atoms with van der Waals surface area (Å²) in [4.78, 5) is 11.5. The van der Waals surface area contributed by atoms with E-state index in [9.17, 15) is 4.79 Å². The first-order valence-electron chi connectivity index (χ1n) is 6.66. The van der Waals surface area contributed by atoms with Gasteiger partial charge >= 0.3 is 0 Å². The Bertz CT molecular complexity index is 614. The molecular weight excluding hydrogens is 268 g/mol. The molecule has 1 amide bonds. The Balaban J connectivity index is 2.08. The number of ether oxygens (including phenoxy) is 1. The minimum Gasteiger partial charge on any atom is -0.489 e. The van der Waals surface area contributed by atoms with Crippen molar-refractivity contribution >= 4 is 5.91 Å². The molecule has 5 heteroatoms. The number of hydrogen-bond acceptors (Lipinski definition) is 4. The van der Waals surface area contributed by atoms with Gasteiger partial charge in [0.15, 0.2) is 0 Å². The number of aliphatic hydroxyl groups is 1. The highest BCUT2D eigenvalue weighted by molar-refractivity contribution is 5.93. The van der Waals surface area contributed by atoms with Gasteiger partial charge in [0, 0.05) is 12.2 Å². The van der Waals surface area contributed by atoms with Gasteiger partial charge in [-0.1, -0.05) is 30.3 Å². The fourth-order valence-corrected chi connectivity index (χ4v) is 2.02. The van der Waals surface area contributed by atoms with E-state index in [2.05, 4.69) is 5.43 Å². The van der Waals surface area contributed by atoms with Crippen LogP contribution in [-0.2, 0) is 13.0 Å². The number of aliphatic hydroxyl groups excluding tert-OH is 1. The summed E-state index contributed by atoms with van der Waals surface area (Å²) in [6.45, 7) is 0.417. The number of para-hydroxylation sites is 1. The molecule has 0 aliphatic rings. The van der Waals surface area contributed by atoms with Crippen LogP contribution in [0.25, 0.3) is 0 Å². The zero-order valence-corrected chi connectivity index (χ0v) is 11.6. The first-order valence-corrected chi connectivity index (χ1v) is 6.66. The number of rotatable bonds is 6. The van der Waals surface area contributed by atoms with Gasteiger partial charge in [0.25, 0.3) is 5.91 Å². The normalized spacial score (nSPS) is 10.2. The van der Waals surface area contributed by atoms with Gasteiger partial charge < -0.3 is 9.84 Å². The summed E-state index contributed by atoms with van der Waals surface area (Å²) < 4.78 is 5.77. The molecule has 0 aromatic heterocycles. The highest BCUT2D eigenvalue weighted by Crippen LogP contribution is 2.20. The Hall–Kier alpha value is -2.37. The summed E-state index contributed by atoms with van der Waals surface area (Å²) in [7, 11) is 0. The van der Waals surface area contributed by atoms with Crippen LogP contribution in [0.2, 0.25) is 0 Å². The zero-order chi connectivity index (χ0) is 15.1. The van der Waals surface area contributed by atoms with Crippen LogP contribution < -0.4 is 16.0 Å². The van der Waals surface area contributed by atoms with Gasteiger partial charge in [-0.05, 0) is 35.7 Å². The average Bonchev–Trinajstić information content (AvgIpc) is 2.54. The van der Waals surface area contributed by atoms with E-state index in [4.69, 9.17) is 15.7 Å². The number of carbonyl (C=O) groups is 1. The molecule has 0 radical (unpaired) electrons. The van der Waals surface area contributed by atoms with Crippen LogP contribution in [0.4, 0.5) is 0 Å². The molecule has 0 bridgehead atoms. The van der Waals surface area contributed by atoms with Gasteiger partial charge in [0.05, 0.1) is 0 Å². The second kappa shape index (κ2) is 7.42. The van der Waals surface area contributed by atoms with E-state index in [1.807, 2.05) is 30.3 Å². The van der Waals surface area contributed by atoms with Crippen LogP contribution in [0, 0.1) is 0 Å². The van der Waals surface area contributed by atoms with Crippen LogP contribution in [0.3, 0.4) is 0 Å². The Labute approximate surface area is 123 Å². The highest BCUT2D eigenvalue weighted by Gasteiger charge is 2.06. The molecule has 0 saturated heterocycles. The molecule has 0 saturated carbocycles. The molecule has 0 heterocycles. The second-order valence-corrected chi connectivity index (χ2v) is 4.54. The Morgan fingerprint density at radius 1 is 1.19 bits per heavy atom. The van der Waals surface area contributed by atoms with E-state index in [0.717, 1.165) is 16.9 Å². The Morgan fingerprint density at radius 2 is 2.00 bits per heavy atom. The third kappa shape index (κ3) is 4.05. The average molecular weight is 286 g/mol. The molecule has 2 aromatic rings. The molecule has 0 unspecified atom stereocenters. The lowest BCUT2D eigenvalue weighted by atomic mass is 10.1. The largest absolute Gasteiger partial charge is 0.489 e. The van der Waals surface area contributed by atoms with E-state index in [-0.39, 0.29) is 12.5 Å². The molecule has 21 heavy (non-hydrogen) atoms. The van der Waals surface area contributed by atoms with E-state index in [1.54, 1.807) is 18.2 Å². The summed E-state index contributed by atoms with van der Waals surface area (Å²) in [5.41, 5.74) is 4.41. The fourth-order valence-electron chi connectivity index (χ4n) is 2.02. The maximum atomic E-state index is 11.5. The maximum Gasteiger partial charge on any atom is 0.265 e. The smallest absolute Gasteiger partial charge is 0.265 e. The first-order chi connectivity index (χ1) is 10.2. The lowest BCUT2D eigenvalue weighted by Gasteiger charge is -2.11. The van der Waals surface area contributed by atoms with E-state index < -0.39 is 0 Å². The van der Waals surface area contributed by atoms with Crippen molar-refractivity contribution in [3.05, 3.63) is 65.2 Å². The molecule has 4 N–H and O–H groups in total. The number of nitrogens with two attached hydrogens (primary N) is 1. The quantitative estimate of drug-likeness (QED) is 0.426. The zero-order valence-electron chi connectivity index (χ0n) is 11.6. The van der Waals surface area contributed by atoms with Crippen molar-refractivity contribution in [3.63, 3.8) is 0 Å². The lowest BCUT2D eigenvalue weighted by molar-refractivity contribution is 0.0953. The number of nitrogens with one attached hydrogen (secondary N) is 1. The van der Waals surface area contributed by atoms with Crippen molar-refractivity contribution in [3.8, 4) is 5.75 Å². The molecule has 0 fully saturated rings. The van der Waals surface area contributed by atoms with E-state index >= 15 is 0 Å². The van der Waals surface area contributed by atoms with Crippen LogP contribution in [0.5, 0.6) is 5.75 Å². The molecule has 0 aliphatic heterocycles. The Morgan fingerprint density at radius 3 is 2.76 bits per heavy atom. The maximum absolute atomic E-state index is 11.5.